The van der Waals surface area contributed by atoms with Crippen molar-refractivity contribution in [1.82, 2.24) is 10.5 Å². The molecular weight excluding hydrogens is 232 g/mol. The van der Waals surface area contributed by atoms with Crippen molar-refractivity contribution in [3.05, 3.63) is 17.5 Å². The van der Waals surface area contributed by atoms with Crippen LogP contribution in [0.3, 0.4) is 0 Å². The molecule has 1 fully saturated rings. The van der Waals surface area contributed by atoms with Crippen molar-refractivity contribution in [2.75, 3.05) is 0 Å². The highest BCUT2D eigenvalue weighted by molar-refractivity contribution is 5.92. The molecule has 1 aromatic rings. The Morgan fingerprint density at radius 3 is 2.56 bits per heavy atom. The predicted molar refractivity (Wildman–Crippen MR) is 66.3 cm³/mol. The van der Waals surface area contributed by atoms with Crippen molar-refractivity contribution < 1.29 is 14.4 Å². The highest BCUT2D eigenvalue weighted by atomic mass is 16.5. The van der Waals surface area contributed by atoms with Crippen LogP contribution in [-0.2, 0) is 0 Å². The smallest absolute Gasteiger partial charge is 0.273 e. The van der Waals surface area contributed by atoms with E-state index in [2.05, 4.69) is 10.5 Å². The largest absolute Gasteiger partial charge is 0.388 e. The van der Waals surface area contributed by atoms with Gasteiger partial charge in [0.2, 0.25) is 0 Å². The van der Waals surface area contributed by atoms with E-state index >= 15 is 0 Å². The summed E-state index contributed by atoms with van der Waals surface area (Å²) in [6.45, 7) is 6.86. The monoisotopic (exact) mass is 252 g/mol. The number of rotatable bonds is 4. The zero-order valence-electron chi connectivity index (χ0n) is 11.3. The van der Waals surface area contributed by atoms with Crippen LogP contribution in [0.1, 0.15) is 62.7 Å². The number of aromatic nitrogens is 1. The molecule has 2 N–H and O–H groups in total. The van der Waals surface area contributed by atoms with E-state index in [-0.39, 0.29) is 11.6 Å². The van der Waals surface area contributed by atoms with Crippen molar-refractivity contribution in [1.29, 1.82) is 0 Å². The van der Waals surface area contributed by atoms with Gasteiger partial charge in [0.1, 0.15) is 5.76 Å². The average Bonchev–Trinajstić information content (AvgIpc) is 2.94. The number of nitrogens with zero attached hydrogens (tertiary/aromatic N) is 1. The van der Waals surface area contributed by atoms with Crippen molar-refractivity contribution in [3.63, 3.8) is 0 Å². The Bertz CT molecular complexity index is 453. The second-order valence-corrected chi connectivity index (χ2v) is 6.03. The molecule has 0 radical (unpaired) electrons. The van der Waals surface area contributed by atoms with Crippen LogP contribution >= 0.6 is 0 Å². The summed E-state index contributed by atoms with van der Waals surface area (Å²) in [5.41, 5.74) is -1.50. The van der Waals surface area contributed by atoms with Gasteiger partial charge in [0.15, 0.2) is 5.69 Å². The number of amides is 1. The van der Waals surface area contributed by atoms with Crippen LogP contribution in [-0.4, -0.2) is 27.3 Å². The summed E-state index contributed by atoms with van der Waals surface area (Å²) in [5, 5.41) is 16.5. The standard InChI is InChI=1S/C13H20N2O3/c1-12(2,13(3,4)17)14-11(16)9-7-10(18-15-9)8-5-6-8/h7-8,17H,5-6H2,1-4H3,(H,14,16). The van der Waals surface area contributed by atoms with E-state index in [1.54, 1.807) is 33.8 Å². The normalized spacial score (nSPS) is 16.7. The third-order valence-corrected chi connectivity index (χ3v) is 3.70. The van der Waals surface area contributed by atoms with Crippen LogP contribution in [0.2, 0.25) is 0 Å². The number of nitrogens with one attached hydrogen (secondary N) is 1. The molecule has 0 unspecified atom stereocenters. The first-order chi connectivity index (χ1) is 8.21. The van der Waals surface area contributed by atoms with Crippen LogP contribution in [0.5, 0.6) is 0 Å². The predicted octanol–water partition coefficient (Wildman–Crippen LogP) is 1.83. The number of hydrogen-bond donors (Lipinski definition) is 2. The van der Waals surface area contributed by atoms with E-state index in [9.17, 15) is 9.90 Å². The molecule has 1 aliphatic rings. The third kappa shape index (κ3) is 2.56. The molecule has 5 nitrogen and oxygen atoms in total. The van der Waals surface area contributed by atoms with Crippen LogP contribution in [0.15, 0.2) is 10.6 Å². The molecule has 0 atom stereocenters. The van der Waals surface area contributed by atoms with Gasteiger partial charge in [0.25, 0.3) is 5.91 Å². The molecule has 0 aromatic carbocycles. The maximum atomic E-state index is 12.0. The Balaban J connectivity index is 2.07. The van der Waals surface area contributed by atoms with Crippen LogP contribution < -0.4 is 5.32 Å². The number of aliphatic hydroxyl groups is 1. The quantitative estimate of drug-likeness (QED) is 0.857. The molecule has 1 aromatic heterocycles. The van der Waals surface area contributed by atoms with E-state index < -0.39 is 11.1 Å². The summed E-state index contributed by atoms with van der Waals surface area (Å²) < 4.78 is 5.14. The van der Waals surface area contributed by atoms with Gasteiger partial charge in [-0.3, -0.25) is 4.79 Å². The molecule has 0 saturated heterocycles. The summed E-state index contributed by atoms with van der Waals surface area (Å²) in [6, 6.07) is 1.69. The SMILES string of the molecule is CC(C)(O)C(C)(C)NC(=O)c1cc(C2CC2)on1. The zero-order chi connectivity index (χ0) is 13.6. The van der Waals surface area contributed by atoms with Crippen LogP contribution in [0.4, 0.5) is 0 Å². The van der Waals surface area contributed by atoms with Crippen LogP contribution in [0, 0.1) is 0 Å². The average molecular weight is 252 g/mol. The minimum absolute atomic E-state index is 0.272. The first kappa shape index (κ1) is 13.1. The molecule has 0 aliphatic heterocycles. The third-order valence-electron chi connectivity index (χ3n) is 3.70. The molecule has 2 rings (SSSR count). The molecule has 1 amide bonds. The van der Waals surface area contributed by atoms with Crippen LogP contribution in [0.25, 0.3) is 0 Å². The van der Waals surface area contributed by atoms with Gasteiger partial charge in [-0.1, -0.05) is 5.16 Å². The van der Waals surface area contributed by atoms with Crippen molar-refractivity contribution in [2.24, 2.45) is 0 Å². The van der Waals surface area contributed by atoms with E-state index in [1.807, 2.05) is 0 Å². The maximum Gasteiger partial charge on any atom is 0.273 e. The fourth-order valence-electron chi connectivity index (χ4n) is 1.46. The van der Waals surface area contributed by atoms with Gasteiger partial charge in [-0.25, -0.2) is 0 Å². The van der Waals surface area contributed by atoms with E-state index in [4.69, 9.17) is 4.52 Å². The Hall–Kier alpha value is -1.36. The molecule has 100 valence electrons. The Morgan fingerprint density at radius 2 is 2.06 bits per heavy atom. The molecular formula is C13H20N2O3. The molecule has 1 heterocycles. The van der Waals surface area contributed by atoms with Gasteiger partial charge in [-0.2, -0.15) is 0 Å². The lowest BCUT2D eigenvalue weighted by Crippen LogP contribution is -2.57. The fourth-order valence-corrected chi connectivity index (χ4v) is 1.46. The van der Waals surface area contributed by atoms with Crippen molar-refractivity contribution in [2.45, 2.75) is 57.6 Å². The lowest BCUT2D eigenvalue weighted by Gasteiger charge is -2.37. The van der Waals surface area contributed by atoms with Gasteiger partial charge < -0.3 is 14.9 Å². The van der Waals surface area contributed by atoms with E-state index in [0.717, 1.165) is 18.6 Å². The minimum Gasteiger partial charge on any atom is -0.388 e. The number of carbonyl (C=O) groups is 1. The molecule has 1 saturated carbocycles. The molecule has 0 spiro atoms. The molecule has 5 heteroatoms. The first-order valence-corrected chi connectivity index (χ1v) is 6.22. The first-order valence-electron chi connectivity index (χ1n) is 6.22. The number of hydrogen-bond acceptors (Lipinski definition) is 4. The second-order valence-electron chi connectivity index (χ2n) is 6.03. The highest BCUT2D eigenvalue weighted by Crippen LogP contribution is 2.40. The maximum absolute atomic E-state index is 12.0. The summed E-state index contributed by atoms with van der Waals surface area (Å²) in [4.78, 5) is 12.0. The minimum atomic E-state index is -1.02. The number of carbonyl (C=O) groups excluding carboxylic acids is 1. The zero-order valence-corrected chi connectivity index (χ0v) is 11.3. The van der Waals surface area contributed by atoms with Gasteiger partial charge in [-0.05, 0) is 40.5 Å². The topological polar surface area (TPSA) is 75.4 Å². The highest BCUT2D eigenvalue weighted by Gasteiger charge is 2.37. The van der Waals surface area contributed by atoms with Gasteiger partial charge in [0.05, 0.1) is 11.1 Å². The molecule has 0 bridgehead atoms. The molecule has 18 heavy (non-hydrogen) atoms. The van der Waals surface area contributed by atoms with E-state index in [1.165, 1.54) is 0 Å². The van der Waals surface area contributed by atoms with Gasteiger partial charge >= 0.3 is 0 Å². The lowest BCUT2D eigenvalue weighted by molar-refractivity contribution is -0.00308. The fraction of sp³-hybridized carbons (Fsp3) is 0.692. The molecule has 1 aliphatic carbocycles. The summed E-state index contributed by atoms with van der Waals surface area (Å²) in [7, 11) is 0. The lowest BCUT2D eigenvalue weighted by atomic mass is 9.86. The second kappa shape index (κ2) is 4.09. The summed E-state index contributed by atoms with van der Waals surface area (Å²) in [6.07, 6.45) is 2.21. The summed E-state index contributed by atoms with van der Waals surface area (Å²) in [5.74, 6) is 0.889. The van der Waals surface area contributed by atoms with Crippen molar-refractivity contribution >= 4 is 5.91 Å². The summed E-state index contributed by atoms with van der Waals surface area (Å²) >= 11 is 0. The van der Waals surface area contributed by atoms with Crippen molar-refractivity contribution in [3.8, 4) is 0 Å². The Morgan fingerprint density at radius 1 is 1.44 bits per heavy atom. The van der Waals surface area contributed by atoms with Gasteiger partial charge in [0, 0.05) is 12.0 Å². The Labute approximate surface area is 107 Å². The van der Waals surface area contributed by atoms with E-state index in [0.29, 0.717) is 5.92 Å². The van der Waals surface area contributed by atoms with Gasteiger partial charge in [-0.15, -0.1) is 0 Å². The Kier molecular flexibility index (Phi) is 2.97.